The maximum atomic E-state index is 10.8. The number of rotatable bonds is 6. The molecule has 0 aliphatic carbocycles. The smallest absolute Gasteiger partial charge is 0.269 e. The van der Waals surface area contributed by atoms with Gasteiger partial charge in [0.15, 0.2) is 0 Å². The van der Waals surface area contributed by atoms with Crippen molar-refractivity contribution in [3.8, 4) is 0 Å². The lowest BCUT2D eigenvalue weighted by molar-refractivity contribution is -0.384. The third kappa shape index (κ3) is 3.75. The van der Waals surface area contributed by atoms with E-state index in [4.69, 9.17) is 4.74 Å². The molecule has 5 nitrogen and oxygen atoms in total. The van der Waals surface area contributed by atoms with Crippen molar-refractivity contribution in [3.05, 3.63) is 39.9 Å². The highest BCUT2D eigenvalue weighted by Crippen LogP contribution is 2.22. The van der Waals surface area contributed by atoms with Crippen LogP contribution >= 0.6 is 0 Å². The van der Waals surface area contributed by atoms with Crippen molar-refractivity contribution in [3.63, 3.8) is 0 Å². The first-order chi connectivity index (χ1) is 9.20. The molecule has 1 heterocycles. The summed E-state index contributed by atoms with van der Waals surface area (Å²) in [7, 11) is 0. The fourth-order valence-electron chi connectivity index (χ4n) is 2.41. The lowest BCUT2D eigenvalue weighted by Gasteiger charge is -2.19. The summed E-state index contributed by atoms with van der Waals surface area (Å²) in [4.78, 5) is 10.5. The predicted molar refractivity (Wildman–Crippen MR) is 73.1 cm³/mol. The number of nitrogens with one attached hydrogen (secondary N) is 1. The van der Waals surface area contributed by atoms with Crippen LogP contribution in [0.2, 0.25) is 0 Å². The highest BCUT2D eigenvalue weighted by molar-refractivity contribution is 5.35. The summed E-state index contributed by atoms with van der Waals surface area (Å²) < 4.78 is 5.35. The Bertz CT molecular complexity index is 430. The van der Waals surface area contributed by atoms with Crippen molar-refractivity contribution in [1.82, 2.24) is 5.32 Å². The zero-order valence-electron chi connectivity index (χ0n) is 11.2. The van der Waals surface area contributed by atoms with Crippen molar-refractivity contribution in [2.24, 2.45) is 5.92 Å². The van der Waals surface area contributed by atoms with Crippen LogP contribution in [-0.2, 0) is 4.74 Å². The number of ether oxygens (including phenoxy) is 1. The van der Waals surface area contributed by atoms with Crippen molar-refractivity contribution >= 4 is 5.69 Å². The van der Waals surface area contributed by atoms with Gasteiger partial charge in [-0.2, -0.15) is 0 Å². The third-order valence-electron chi connectivity index (χ3n) is 3.57. The molecule has 104 valence electrons. The lowest BCUT2D eigenvalue weighted by atomic mass is 10.0. The van der Waals surface area contributed by atoms with Crippen LogP contribution in [0.1, 0.15) is 31.4 Å². The molecule has 5 heteroatoms. The molecule has 1 N–H and O–H groups in total. The van der Waals surface area contributed by atoms with Gasteiger partial charge in [-0.05, 0) is 24.3 Å². The normalized spacial score (nSPS) is 20.4. The topological polar surface area (TPSA) is 64.4 Å². The molecule has 1 fully saturated rings. The molecule has 2 atom stereocenters. The first-order valence-corrected chi connectivity index (χ1v) is 6.76. The number of non-ortho nitro benzene ring substituents is 1. The molecule has 0 spiro atoms. The van der Waals surface area contributed by atoms with Gasteiger partial charge in [-0.3, -0.25) is 10.1 Å². The van der Waals surface area contributed by atoms with Crippen molar-refractivity contribution < 1.29 is 9.66 Å². The largest absolute Gasteiger partial charge is 0.381 e. The molecule has 0 bridgehead atoms. The monoisotopic (exact) mass is 264 g/mol. The predicted octanol–water partition coefficient (Wildman–Crippen LogP) is 2.67. The SMILES string of the molecule is CCC(NCC1CCOC1)c1cccc([N+](=O)[O-])c1. The lowest BCUT2D eigenvalue weighted by Crippen LogP contribution is -2.27. The molecule has 0 amide bonds. The van der Waals surface area contributed by atoms with E-state index in [9.17, 15) is 10.1 Å². The van der Waals surface area contributed by atoms with Crippen LogP contribution in [0.25, 0.3) is 0 Å². The van der Waals surface area contributed by atoms with E-state index in [1.54, 1.807) is 12.1 Å². The first-order valence-electron chi connectivity index (χ1n) is 6.76. The quantitative estimate of drug-likeness (QED) is 0.633. The molecular formula is C14H20N2O3. The Labute approximate surface area is 113 Å². The Balaban J connectivity index is 1.99. The van der Waals surface area contributed by atoms with Crippen LogP contribution in [0, 0.1) is 16.0 Å². The van der Waals surface area contributed by atoms with Gasteiger partial charge in [-0.25, -0.2) is 0 Å². The summed E-state index contributed by atoms with van der Waals surface area (Å²) in [5.41, 5.74) is 1.14. The highest BCUT2D eigenvalue weighted by atomic mass is 16.6. The average Bonchev–Trinajstić information content (AvgIpc) is 2.93. The summed E-state index contributed by atoms with van der Waals surface area (Å²) in [5.74, 6) is 0.563. The van der Waals surface area contributed by atoms with Gasteiger partial charge < -0.3 is 10.1 Å². The number of nitro groups is 1. The first kappa shape index (κ1) is 14.0. The Kier molecular flexibility index (Phi) is 4.87. The van der Waals surface area contributed by atoms with Gasteiger partial charge in [0.25, 0.3) is 5.69 Å². The third-order valence-corrected chi connectivity index (χ3v) is 3.57. The van der Waals surface area contributed by atoms with Crippen LogP contribution in [-0.4, -0.2) is 24.7 Å². The van der Waals surface area contributed by atoms with Gasteiger partial charge in [-0.1, -0.05) is 19.1 Å². The fourth-order valence-corrected chi connectivity index (χ4v) is 2.41. The van der Waals surface area contributed by atoms with Gasteiger partial charge in [0.1, 0.15) is 0 Å². The Morgan fingerprint density at radius 1 is 1.58 bits per heavy atom. The van der Waals surface area contributed by atoms with Gasteiger partial charge in [0.05, 0.1) is 11.5 Å². The molecule has 1 aliphatic rings. The summed E-state index contributed by atoms with van der Waals surface area (Å²) in [6.07, 6.45) is 2.01. The molecule has 1 aromatic carbocycles. The van der Waals surface area contributed by atoms with E-state index in [0.717, 1.165) is 38.2 Å². The van der Waals surface area contributed by atoms with Crippen LogP contribution in [0.5, 0.6) is 0 Å². The standard InChI is InChI=1S/C14H20N2O3/c1-2-14(15-9-11-6-7-19-10-11)12-4-3-5-13(8-12)16(17)18/h3-5,8,11,14-15H,2,6-7,9-10H2,1H3. The van der Waals surface area contributed by atoms with E-state index in [0.29, 0.717) is 5.92 Å². The van der Waals surface area contributed by atoms with Gasteiger partial charge in [0, 0.05) is 31.3 Å². The van der Waals surface area contributed by atoms with Gasteiger partial charge >= 0.3 is 0 Å². The number of hydrogen-bond acceptors (Lipinski definition) is 4. The van der Waals surface area contributed by atoms with Crippen molar-refractivity contribution in [1.29, 1.82) is 0 Å². The maximum absolute atomic E-state index is 10.8. The minimum absolute atomic E-state index is 0.155. The van der Waals surface area contributed by atoms with Crippen LogP contribution in [0.4, 0.5) is 5.69 Å². The van der Waals surface area contributed by atoms with E-state index in [1.807, 2.05) is 6.07 Å². The zero-order chi connectivity index (χ0) is 13.7. The van der Waals surface area contributed by atoms with Crippen molar-refractivity contribution in [2.75, 3.05) is 19.8 Å². The molecule has 1 aromatic rings. The molecule has 1 saturated heterocycles. The molecule has 2 rings (SSSR count). The molecule has 0 aromatic heterocycles. The number of nitrogens with zero attached hydrogens (tertiary/aromatic N) is 1. The molecule has 19 heavy (non-hydrogen) atoms. The number of hydrogen-bond donors (Lipinski definition) is 1. The summed E-state index contributed by atoms with van der Waals surface area (Å²) in [6, 6.07) is 7.05. The maximum Gasteiger partial charge on any atom is 0.269 e. The van der Waals surface area contributed by atoms with E-state index in [2.05, 4.69) is 12.2 Å². The fraction of sp³-hybridized carbons (Fsp3) is 0.571. The Hall–Kier alpha value is -1.46. The molecule has 1 aliphatic heterocycles. The second-order valence-electron chi connectivity index (χ2n) is 4.95. The highest BCUT2D eigenvalue weighted by Gasteiger charge is 2.18. The second kappa shape index (κ2) is 6.63. The molecular weight excluding hydrogens is 244 g/mol. The molecule has 0 saturated carbocycles. The van der Waals surface area contributed by atoms with Gasteiger partial charge in [0.2, 0.25) is 0 Å². The van der Waals surface area contributed by atoms with Crippen LogP contribution in [0.15, 0.2) is 24.3 Å². The summed E-state index contributed by atoms with van der Waals surface area (Å²) in [6.45, 7) is 4.65. The van der Waals surface area contributed by atoms with E-state index in [1.165, 1.54) is 6.07 Å². The molecule has 0 radical (unpaired) electrons. The zero-order valence-corrected chi connectivity index (χ0v) is 11.2. The van der Waals surface area contributed by atoms with E-state index < -0.39 is 0 Å². The van der Waals surface area contributed by atoms with Gasteiger partial charge in [-0.15, -0.1) is 0 Å². The summed E-state index contributed by atoms with van der Waals surface area (Å²) >= 11 is 0. The summed E-state index contributed by atoms with van der Waals surface area (Å²) in [5, 5.41) is 14.3. The molecule has 2 unspecified atom stereocenters. The average molecular weight is 264 g/mol. The Morgan fingerprint density at radius 2 is 2.42 bits per heavy atom. The second-order valence-corrected chi connectivity index (χ2v) is 4.95. The minimum atomic E-state index is -0.346. The van der Waals surface area contributed by atoms with E-state index >= 15 is 0 Å². The number of benzene rings is 1. The van der Waals surface area contributed by atoms with Crippen LogP contribution in [0.3, 0.4) is 0 Å². The van der Waals surface area contributed by atoms with Crippen LogP contribution < -0.4 is 5.32 Å². The minimum Gasteiger partial charge on any atom is -0.381 e. The van der Waals surface area contributed by atoms with Crippen molar-refractivity contribution in [2.45, 2.75) is 25.8 Å². The number of nitro benzene ring substituents is 1. The Morgan fingerprint density at radius 3 is 3.05 bits per heavy atom. The van der Waals surface area contributed by atoms with E-state index in [-0.39, 0.29) is 16.7 Å².